The molecule has 1 aromatic heterocycles. The first-order valence-electron chi connectivity index (χ1n) is 9.66. The fourth-order valence-corrected chi connectivity index (χ4v) is 3.88. The molecular weight excluding hydrogens is 432 g/mol. The molecule has 9 heteroatoms. The van der Waals surface area contributed by atoms with Crippen LogP contribution < -0.4 is 4.74 Å². The Morgan fingerprint density at radius 2 is 1.72 bits per heavy atom. The van der Waals surface area contributed by atoms with Crippen LogP contribution in [-0.2, 0) is 26.2 Å². The van der Waals surface area contributed by atoms with Crippen molar-refractivity contribution in [1.82, 2.24) is 9.29 Å². The van der Waals surface area contributed by atoms with Crippen molar-refractivity contribution in [3.63, 3.8) is 0 Å². The molecule has 0 atom stereocenters. The molecule has 0 amide bonds. The Hall–Kier alpha value is -3.56. The van der Waals surface area contributed by atoms with Gasteiger partial charge in [0.2, 0.25) is 10.0 Å². The van der Waals surface area contributed by atoms with Gasteiger partial charge in [0.15, 0.2) is 5.78 Å². The van der Waals surface area contributed by atoms with E-state index in [9.17, 15) is 18.0 Å². The van der Waals surface area contributed by atoms with Crippen molar-refractivity contribution in [3.8, 4) is 11.5 Å². The highest BCUT2D eigenvalue weighted by Gasteiger charge is 2.24. The minimum Gasteiger partial charge on any atom is -0.460 e. The minimum absolute atomic E-state index is 0.0204. The van der Waals surface area contributed by atoms with Crippen LogP contribution in [0.3, 0.4) is 0 Å². The van der Waals surface area contributed by atoms with Crippen LogP contribution >= 0.6 is 0 Å². The number of para-hydroxylation sites is 1. The van der Waals surface area contributed by atoms with Gasteiger partial charge < -0.3 is 9.47 Å². The molecule has 0 saturated heterocycles. The maximum absolute atomic E-state index is 12.7. The van der Waals surface area contributed by atoms with E-state index in [1.807, 2.05) is 0 Å². The summed E-state index contributed by atoms with van der Waals surface area (Å²) in [6.07, 6.45) is 3.19. The number of rotatable bonds is 9. The van der Waals surface area contributed by atoms with Gasteiger partial charge in [0.05, 0.1) is 11.1 Å². The van der Waals surface area contributed by atoms with E-state index >= 15 is 0 Å². The number of benzene rings is 2. The first-order valence-corrected chi connectivity index (χ1v) is 11.1. The van der Waals surface area contributed by atoms with E-state index in [-0.39, 0.29) is 17.3 Å². The van der Waals surface area contributed by atoms with Crippen molar-refractivity contribution >= 4 is 21.8 Å². The van der Waals surface area contributed by atoms with Gasteiger partial charge in [-0.1, -0.05) is 30.3 Å². The van der Waals surface area contributed by atoms with E-state index < -0.39 is 22.5 Å². The molecule has 32 heavy (non-hydrogen) atoms. The zero-order valence-electron chi connectivity index (χ0n) is 17.6. The quantitative estimate of drug-likeness (QED) is 0.360. The molecule has 0 unspecified atom stereocenters. The Balaban J connectivity index is 1.62. The van der Waals surface area contributed by atoms with Crippen molar-refractivity contribution < 1.29 is 27.5 Å². The van der Waals surface area contributed by atoms with Crippen LogP contribution in [0, 0.1) is 0 Å². The van der Waals surface area contributed by atoms with Crippen LogP contribution in [0.5, 0.6) is 11.5 Å². The molecule has 1 heterocycles. The monoisotopic (exact) mass is 454 g/mol. The van der Waals surface area contributed by atoms with Gasteiger partial charge in [-0.2, -0.15) is 4.31 Å². The average Bonchev–Trinajstić information content (AvgIpc) is 2.79. The molecular formula is C23H22N2O6S. The van der Waals surface area contributed by atoms with Crippen molar-refractivity contribution in [2.45, 2.75) is 18.4 Å². The fraction of sp³-hybridized carbons (Fsp3) is 0.174. The number of hydrogen-bond donors (Lipinski definition) is 0. The number of hydrogen-bond acceptors (Lipinski definition) is 7. The maximum Gasteiger partial charge on any atom is 0.321 e. The summed E-state index contributed by atoms with van der Waals surface area (Å²) in [6, 6.07) is 16.1. The molecule has 0 spiro atoms. The third kappa shape index (κ3) is 5.77. The Morgan fingerprint density at radius 1 is 1.00 bits per heavy atom. The largest absolute Gasteiger partial charge is 0.460 e. The zero-order chi connectivity index (χ0) is 23.1. The minimum atomic E-state index is -3.92. The third-order valence-corrected chi connectivity index (χ3v) is 6.36. The van der Waals surface area contributed by atoms with Gasteiger partial charge >= 0.3 is 5.97 Å². The summed E-state index contributed by atoms with van der Waals surface area (Å²) in [4.78, 5) is 27.6. The Morgan fingerprint density at radius 3 is 2.38 bits per heavy atom. The predicted molar refractivity (Wildman–Crippen MR) is 117 cm³/mol. The van der Waals surface area contributed by atoms with Crippen molar-refractivity contribution in [2.24, 2.45) is 0 Å². The molecule has 166 valence electrons. The summed E-state index contributed by atoms with van der Waals surface area (Å²) in [5, 5.41) is 0. The molecule has 0 bridgehead atoms. The number of aromatic nitrogens is 1. The lowest BCUT2D eigenvalue weighted by Gasteiger charge is -2.17. The fourth-order valence-electron chi connectivity index (χ4n) is 2.77. The SMILES string of the molecule is CC(=O)c1ccc(S(=O)(=O)N(C)CC(=O)OCc2ccccc2Oc2cccnc2)cc1. The standard InChI is InChI=1S/C23H22N2O6S/c1-17(26)18-9-11-21(12-10-18)32(28,29)25(2)15-23(27)30-16-19-6-3-4-8-22(19)31-20-7-5-13-24-14-20/h3-14H,15-16H2,1-2H3. The van der Waals surface area contributed by atoms with Gasteiger partial charge in [-0.15, -0.1) is 0 Å². The number of pyridine rings is 1. The van der Waals surface area contributed by atoms with Crippen LogP contribution in [0.15, 0.2) is 78.0 Å². The molecule has 2 aromatic carbocycles. The van der Waals surface area contributed by atoms with Gasteiger partial charge in [-0.3, -0.25) is 14.6 Å². The molecule has 0 aliphatic heterocycles. The molecule has 3 rings (SSSR count). The number of nitrogens with zero attached hydrogens (tertiary/aromatic N) is 2. The smallest absolute Gasteiger partial charge is 0.321 e. The highest BCUT2D eigenvalue weighted by molar-refractivity contribution is 7.89. The zero-order valence-corrected chi connectivity index (χ0v) is 18.4. The molecule has 0 aliphatic carbocycles. The average molecular weight is 455 g/mol. The third-order valence-electron chi connectivity index (χ3n) is 4.54. The lowest BCUT2D eigenvalue weighted by atomic mass is 10.2. The van der Waals surface area contributed by atoms with Crippen molar-refractivity contribution in [3.05, 3.63) is 84.2 Å². The van der Waals surface area contributed by atoms with Gasteiger partial charge in [-0.25, -0.2) is 8.42 Å². The Kier molecular flexibility index (Phi) is 7.34. The lowest BCUT2D eigenvalue weighted by molar-refractivity contribution is -0.144. The van der Waals surface area contributed by atoms with E-state index in [1.165, 1.54) is 38.2 Å². The van der Waals surface area contributed by atoms with Crippen molar-refractivity contribution in [1.29, 1.82) is 0 Å². The van der Waals surface area contributed by atoms with E-state index in [2.05, 4.69) is 4.98 Å². The number of Topliss-reactive ketones (excluding diaryl/α,β-unsaturated/α-hetero) is 1. The van der Waals surface area contributed by atoms with Crippen molar-refractivity contribution in [2.75, 3.05) is 13.6 Å². The van der Waals surface area contributed by atoms with Crippen LogP contribution in [-0.4, -0.2) is 43.1 Å². The van der Waals surface area contributed by atoms with Gasteiger partial charge in [0.25, 0.3) is 0 Å². The number of esters is 1. The van der Waals surface area contributed by atoms with E-state index in [1.54, 1.807) is 48.8 Å². The number of sulfonamides is 1. The number of ether oxygens (including phenoxy) is 2. The molecule has 8 nitrogen and oxygen atoms in total. The first kappa shape index (κ1) is 23.1. The Labute approximate surface area is 186 Å². The summed E-state index contributed by atoms with van der Waals surface area (Å²) in [5.74, 6) is 0.152. The lowest BCUT2D eigenvalue weighted by Crippen LogP contribution is -2.33. The summed E-state index contributed by atoms with van der Waals surface area (Å²) in [5.41, 5.74) is 1.02. The van der Waals surface area contributed by atoms with Gasteiger partial charge in [-0.05, 0) is 37.3 Å². The van der Waals surface area contributed by atoms with Crippen LogP contribution in [0.25, 0.3) is 0 Å². The van der Waals surface area contributed by atoms with Crippen LogP contribution in [0.2, 0.25) is 0 Å². The van der Waals surface area contributed by atoms with Crippen LogP contribution in [0.1, 0.15) is 22.8 Å². The number of ketones is 1. The topological polar surface area (TPSA) is 103 Å². The van der Waals surface area contributed by atoms with E-state index in [0.717, 1.165) is 4.31 Å². The summed E-state index contributed by atoms with van der Waals surface area (Å²) in [7, 11) is -2.63. The number of carbonyl (C=O) groups excluding carboxylic acids is 2. The molecule has 3 aromatic rings. The number of carbonyl (C=O) groups is 2. The highest BCUT2D eigenvalue weighted by atomic mass is 32.2. The van der Waals surface area contributed by atoms with E-state index in [4.69, 9.17) is 9.47 Å². The van der Waals surface area contributed by atoms with Crippen LogP contribution in [0.4, 0.5) is 0 Å². The van der Waals surface area contributed by atoms with Gasteiger partial charge in [0, 0.05) is 24.4 Å². The summed E-state index contributed by atoms with van der Waals surface area (Å²) >= 11 is 0. The van der Waals surface area contributed by atoms with E-state index in [0.29, 0.717) is 22.6 Å². The molecule has 0 aliphatic rings. The number of likely N-dealkylation sites (N-methyl/N-ethyl adjacent to an activating group) is 1. The maximum atomic E-state index is 12.7. The van der Waals surface area contributed by atoms with Gasteiger partial charge in [0.1, 0.15) is 24.7 Å². The molecule has 0 saturated carbocycles. The first-order chi connectivity index (χ1) is 15.3. The molecule has 0 radical (unpaired) electrons. The second-order valence-corrected chi connectivity index (χ2v) is 8.95. The summed E-state index contributed by atoms with van der Waals surface area (Å²) in [6.45, 7) is 0.838. The summed E-state index contributed by atoms with van der Waals surface area (Å²) < 4.78 is 37.3. The Bertz CT molecular complexity index is 1190. The normalized spacial score (nSPS) is 11.2. The molecule has 0 fully saturated rings. The molecule has 0 N–H and O–H groups in total. The second kappa shape index (κ2) is 10.2. The highest BCUT2D eigenvalue weighted by Crippen LogP contribution is 2.25. The predicted octanol–water partition coefficient (Wildman–Crippen LogP) is 3.44. The second-order valence-electron chi connectivity index (χ2n) is 6.90.